The molecule has 1 atom stereocenters. The van der Waals surface area contributed by atoms with E-state index in [4.69, 9.17) is 0 Å². The first kappa shape index (κ1) is 14.0. The zero-order valence-corrected chi connectivity index (χ0v) is 12.5. The molecule has 1 aliphatic heterocycles. The van der Waals surface area contributed by atoms with Crippen molar-refractivity contribution in [3.05, 3.63) is 29.8 Å². The maximum Gasteiger partial charge on any atom is 0.176 e. The molecule has 1 aliphatic rings. The predicted molar refractivity (Wildman–Crippen MR) is 80.9 cm³/mol. The van der Waals surface area contributed by atoms with Crippen LogP contribution in [0, 0.1) is 0 Å². The molecule has 0 aromatic heterocycles. The maximum atomic E-state index is 12.2. The highest BCUT2D eigenvalue weighted by atomic mass is 32.2. The van der Waals surface area contributed by atoms with E-state index in [9.17, 15) is 4.79 Å². The van der Waals surface area contributed by atoms with Crippen LogP contribution in [0.25, 0.3) is 0 Å². The molecule has 98 valence electrons. The number of carbonyl (C=O) groups excluding carboxylic acids is 1. The molecule has 0 saturated carbocycles. The fourth-order valence-corrected chi connectivity index (χ4v) is 3.54. The fourth-order valence-electron chi connectivity index (χ4n) is 2.05. The first-order valence-electron chi connectivity index (χ1n) is 6.20. The molecule has 2 nitrogen and oxygen atoms in total. The van der Waals surface area contributed by atoms with Crippen molar-refractivity contribution < 1.29 is 4.79 Å². The molecular weight excluding hydrogens is 262 g/mol. The van der Waals surface area contributed by atoms with Gasteiger partial charge in [0.15, 0.2) is 5.78 Å². The molecule has 0 aliphatic carbocycles. The van der Waals surface area contributed by atoms with Crippen molar-refractivity contribution in [1.82, 2.24) is 4.90 Å². The summed E-state index contributed by atoms with van der Waals surface area (Å²) < 4.78 is 0. The van der Waals surface area contributed by atoms with E-state index in [0.29, 0.717) is 12.6 Å². The summed E-state index contributed by atoms with van der Waals surface area (Å²) in [6.45, 7) is 3.79. The van der Waals surface area contributed by atoms with Gasteiger partial charge in [0.05, 0.1) is 6.54 Å². The molecule has 1 saturated heterocycles. The number of ketones is 1. The van der Waals surface area contributed by atoms with Crippen LogP contribution < -0.4 is 0 Å². The monoisotopic (exact) mass is 281 g/mol. The summed E-state index contributed by atoms with van der Waals surface area (Å²) in [6, 6.07) is 8.44. The van der Waals surface area contributed by atoms with Gasteiger partial charge in [-0.2, -0.15) is 11.8 Å². The average molecular weight is 281 g/mol. The van der Waals surface area contributed by atoms with Crippen LogP contribution in [0.5, 0.6) is 0 Å². The highest BCUT2D eigenvalue weighted by Crippen LogP contribution is 2.18. The van der Waals surface area contributed by atoms with Crippen LogP contribution in [0.15, 0.2) is 29.2 Å². The number of hydrogen-bond acceptors (Lipinski definition) is 4. The van der Waals surface area contributed by atoms with E-state index in [1.807, 2.05) is 42.3 Å². The lowest BCUT2D eigenvalue weighted by atomic mass is 10.1. The second-order valence-corrected chi connectivity index (χ2v) is 6.58. The summed E-state index contributed by atoms with van der Waals surface area (Å²) in [6.07, 6.45) is 2.05. The van der Waals surface area contributed by atoms with E-state index in [1.165, 1.54) is 4.90 Å². The van der Waals surface area contributed by atoms with E-state index in [2.05, 4.69) is 11.8 Å². The summed E-state index contributed by atoms with van der Waals surface area (Å²) in [5.74, 6) is 2.52. The molecule has 0 spiro atoms. The van der Waals surface area contributed by atoms with E-state index >= 15 is 0 Å². The van der Waals surface area contributed by atoms with Crippen LogP contribution in [0.2, 0.25) is 0 Å². The molecule has 0 bridgehead atoms. The van der Waals surface area contributed by atoms with E-state index < -0.39 is 0 Å². The average Bonchev–Trinajstić information content (AvgIpc) is 2.41. The first-order valence-corrected chi connectivity index (χ1v) is 8.57. The number of nitrogens with zero attached hydrogens (tertiary/aromatic N) is 1. The molecule has 18 heavy (non-hydrogen) atoms. The molecule has 0 amide bonds. The quantitative estimate of drug-likeness (QED) is 0.624. The van der Waals surface area contributed by atoms with E-state index in [0.717, 1.165) is 23.6 Å². The zero-order valence-electron chi connectivity index (χ0n) is 10.9. The van der Waals surface area contributed by atoms with Crippen LogP contribution in [0.4, 0.5) is 0 Å². The van der Waals surface area contributed by atoms with Crippen LogP contribution in [-0.2, 0) is 0 Å². The lowest BCUT2D eigenvalue weighted by Gasteiger charge is -2.32. The van der Waals surface area contributed by atoms with Crippen molar-refractivity contribution in [2.75, 3.05) is 30.9 Å². The minimum absolute atomic E-state index is 0.237. The SMILES string of the molecule is CSc1ccc(C(=O)CN2CCSCC2C)cc1. The topological polar surface area (TPSA) is 20.3 Å². The third-order valence-corrected chi connectivity index (χ3v) is 5.20. The molecular formula is C14H19NOS2. The Morgan fingerprint density at radius 1 is 1.44 bits per heavy atom. The van der Waals surface area contributed by atoms with Crippen molar-refractivity contribution in [2.24, 2.45) is 0 Å². The van der Waals surface area contributed by atoms with Gasteiger partial charge in [0, 0.05) is 34.6 Å². The van der Waals surface area contributed by atoms with Crippen molar-refractivity contribution in [3.8, 4) is 0 Å². The lowest BCUT2D eigenvalue weighted by molar-refractivity contribution is 0.0911. The third kappa shape index (κ3) is 3.53. The van der Waals surface area contributed by atoms with Gasteiger partial charge in [-0.25, -0.2) is 0 Å². The van der Waals surface area contributed by atoms with Gasteiger partial charge in [-0.1, -0.05) is 12.1 Å². The summed E-state index contributed by atoms with van der Waals surface area (Å²) >= 11 is 3.68. The van der Waals surface area contributed by atoms with Gasteiger partial charge in [-0.15, -0.1) is 11.8 Å². The Labute approximate surface area is 118 Å². The second-order valence-electron chi connectivity index (χ2n) is 4.55. The van der Waals surface area contributed by atoms with Crippen molar-refractivity contribution in [2.45, 2.75) is 17.9 Å². The maximum absolute atomic E-state index is 12.2. The minimum Gasteiger partial charge on any atom is -0.293 e. The van der Waals surface area contributed by atoms with Gasteiger partial charge in [0.2, 0.25) is 0 Å². The van der Waals surface area contributed by atoms with Crippen LogP contribution >= 0.6 is 23.5 Å². The molecule has 1 aromatic rings. The molecule has 2 rings (SSSR count). The molecule has 0 N–H and O–H groups in total. The fraction of sp³-hybridized carbons (Fsp3) is 0.500. The highest BCUT2D eigenvalue weighted by Gasteiger charge is 2.21. The Bertz CT molecular complexity index is 405. The minimum atomic E-state index is 0.237. The van der Waals surface area contributed by atoms with Gasteiger partial charge in [-0.05, 0) is 25.3 Å². The van der Waals surface area contributed by atoms with Gasteiger partial charge in [0.25, 0.3) is 0 Å². The van der Waals surface area contributed by atoms with E-state index in [1.54, 1.807) is 11.8 Å². The summed E-state index contributed by atoms with van der Waals surface area (Å²) in [5.41, 5.74) is 0.832. The van der Waals surface area contributed by atoms with Crippen molar-refractivity contribution >= 4 is 29.3 Å². The van der Waals surface area contributed by atoms with Gasteiger partial charge >= 0.3 is 0 Å². The molecule has 1 fully saturated rings. The molecule has 1 heterocycles. The summed E-state index contributed by atoms with van der Waals surface area (Å²) in [5, 5.41) is 0. The number of carbonyl (C=O) groups is 1. The van der Waals surface area contributed by atoms with Crippen LogP contribution in [-0.4, -0.2) is 47.6 Å². The van der Waals surface area contributed by atoms with Gasteiger partial charge in [-0.3, -0.25) is 9.69 Å². The smallest absolute Gasteiger partial charge is 0.176 e. The standard InChI is InChI=1S/C14H19NOS2/c1-11-10-18-8-7-15(11)9-14(16)12-3-5-13(17-2)6-4-12/h3-6,11H,7-10H2,1-2H3. The number of Topliss-reactive ketones (excluding diaryl/α,β-unsaturated/α-hetero) is 1. The highest BCUT2D eigenvalue weighted by molar-refractivity contribution is 7.99. The van der Waals surface area contributed by atoms with Gasteiger partial charge < -0.3 is 0 Å². The lowest BCUT2D eigenvalue weighted by Crippen LogP contribution is -2.43. The number of thioether (sulfide) groups is 2. The Kier molecular flexibility index (Phi) is 5.15. The molecule has 4 heteroatoms. The van der Waals surface area contributed by atoms with E-state index in [-0.39, 0.29) is 5.78 Å². The Balaban J connectivity index is 1.97. The Morgan fingerprint density at radius 2 is 2.17 bits per heavy atom. The summed E-state index contributed by atoms with van der Waals surface area (Å²) in [7, 11) is 0. The predicted octanol–water partition coefficient (Wildman–Crippen LogP) is 3.03. The number of rotatable bonds is 4. The second kappa shape index (κ2) is 6.64. The molecule has 0 radical (unpaired) electrons. The molecule has 1 aromatic carbocycles. The normalized spacial score (nSPS) is 20.9. The van der Waals surface area contributed by atoms with Crippen LogP contribution in [0.1, 0.15) is 17.3 Å². The third-order valence-electron chi connectivity index (χ3n) is 3.26. The Hall–Kier alpha value is -0.450. The largest absolute Gasteiger partial charge is 0.293 e. The van der Waals surface area contributed by atoms with Crippen molar-refractivity contribution in [1.29, 1.82) is 0 Å². The van der Waals surface area contributed by atoms with Crippen LogP contribution in [0.3, 0.4) is 0 Å². The molecule has 1 unspecified atom stereocenters. The number of benzene rings is 1. The first-order chi connectivity index (χ1) is 8.70. The Morgan fingerprint density at radius 3 is 2.78 bits per heavy atom. The van der Waals surface area contributed by atoms with Gasteiger partial charge in [0.1, 0.15) is 0 Å². The van der Waals surface area contributed by atoms with Crippen molar-refractivity contribution in [3.63, 3.8) is 0 Å². The summed E-state index contributed by atoms with van der Waals surface area (Å²) in [4.78, 5) is 15.7. The zero-order chi connectivity index (χ0) is 13.0. The number of hydrogen-bond donors (Lipinski definition) is 0.